The van der Waals surface area contributed by atoms with E-state index in [1.54, 1.807) is 11.5 Å². The molecule has 0 saturated heterocycles. The predicted molar refractivity (Wildman–Crippen MR) is 79.1 cm³/mol. The van der Waals surface area contributed by atoms with Gasteiger partial charge in [-0.25, -0.2) is 4.79 Å². The first-order valence-electron chi connectivity index (χ1n) is 7.74. The lowest BCUT2D eigenvalue weighted by Crippen LogP contribution is -2.44. The van der Waals surface area contributed by atoms with E-state index in [0.29, 0.717) is 11.4 Å². The number of anilines is 1. The molecule has 110 valence electrons. The monoisotopic (exact) mass is 277 g/mol. The first-order chi connectivity index (χ1) is 9.61. The van der Waals surface area contributed by atoms with E-state index in [9.17, 15) is 9.59 Å². The Balaban J connectivity index is 2.19. The second-order valence-electron chi connectivity index (χ2n) is 6.21. The molecular formula is C15H23N3O2. The number of nitrogen functional groups attached to an aromatic ring is 1. The molecule has 2 fully saturated rings. The van der Waals surface area contributed by atoms with Crippen LogP contribution in [0.1, 0.15) is 69.0 Å². The summed E-state index contributed by atoms with van der Waals surface area (Å²) in [5.74, 6) is 0.376. The van der Waals surface area contributed by atoms with Crippen LogP contribution in [-0.4, -0.2) is 9.13 Å². The minimum Gasteiger partial charge on any atom is -0.385 e. The Morgan fingerprint density at radius 1 is 0.900 bits per heavy atom. The van der Waals surface area contributed by atoms with Gasteiger partial charge in [-0.1, -0.05) is 25.7 Å². The highest BCUT2D eigenvalue weighted by Gasteiger charge is 2.27. The smallest absolute Gasteiger partial charge is 0.333 e. The van der Waals surface area contributed by atoms with E-state index in [1.165, 1.54) is 4.57 Å². The highest BCUT2D eigenvalue weighted by molar-refractivity contribution is 5.38. The molecule has 1 aromatic rings. The lowest BCUT2D eigenvalue weighted by Gasteiger charge is -2.22. The largest absolute Gasteiger partial charge is 0.385 e. The maximum Gasteiger partial charge on any atom is 0.333 e. The zero-order valence-electron chi connectivity index (χ0n) is 12.1. The van der Waals surface area contributed by atoms with Gasteiger partial charge < -0.3 is 5.73 Å². The van der Waals surface area contributed by atoms with Gasteiger partial charge in [0.05, 0.1) is 5.56 Å². The summed E-state index contributed by atoms with van der Waals surface area (Å²) in [5.41, 5.74) is 6.24. The molecule has 2 aliphatic carbocycles. The van der Waals surface area contributed by atoms with Gasteiger partial charge in [0, 0.05) is 12.1 Å². The van der Waals surface area contributed by atoms with Crippen LogP contribution in [-0.2, 0) is 0 Å². The number of nitrogens with two attached hydrogens (primary N) is 1. The molecule has 0 amide bonds. The third-order valence-corrected chi connectivity index (χ3v) is 4.98. The van der Waals surface area contributed by atoms with E-state index in [-0.39, 0.29) is 23.3 Å². The molecule has 0 aromatic carbocycles. The molecule has 0 atom stereocenters. The van der Waals surface area contributed by atoms with Gasteiger partial charge in [0.1, 0.15) is 5.82 Å². The summed E-state index contributed by atoms with van der Waals surface area (Å²) in [6.45, 7) is 1.74. The van der Waals surface area contributed by atoms with Gasteiger partial charge in [0.2, 0.25) is 0 Å². The quantitative estimate of drug-likeness (QED) is 0.900. The maximum atomic E-state index is 12.8. The van der Waals surface area contributed by atoms with Gasteiger partial charge >= 0.3 is 5.69 Å². The van der Waals surface area contributed by atoms with Crippen LogP contribution in [0.5, 0.6) is 0 Å². The normalized spacial score (nSPS) is 20.9. The Kier molecular flexibility index (Phi) is 3.44. The van der Waals surface area contributed by atoms with Gasteiger partial charge in [0.15, 0.2) is 0 Å². The summed E-state index contributed by atoms with van der Waals surface area (Å²) < 4.78 is 3.18. The van der Waals surface area contributed by atoms with Gasteiger partial charge in [-0.15, -0.1) is 0 Å². The standard InChI is InChI=1S/C15H23N3O2/c1-10-13(16)17(11-6-2-3-7-11)15(20)18(14(10)19)12-8-4-5-9-12/h11-12H,2-9,16H2,1H3. The predicted octanol–water partition coefficient (Wildman–Crippen LogP) is 2.13. The van der Waals surface area contributed by atoms with Crippen molar-refractivity contribution in [3.05, 3.63) is 26.4 Å². The van der Waals surface area contributed by atoms with Crippen LogP contribution >= 0.6 is 0 Å². The third kappa shape index (κ3) is 2.00. The fraction of sp³-hybridized carbons (Fsp3) is 0.733. The molecule has 20 heavy (non-hydrogen) atoms. The van der Waals surface area contributed by atoms with Crippen LogP contribution in [0.4, 0.5) is 5.82 Å². The molecule has 0 aliphatic heterocycles. The van der Waals surface area contributed by atoms with E-state index in [2.05, 4.69) is 0 Å². The van der Waals surface area contributed by atoms with Crippen LogP contribution in [0.15, 0.2) is 9.59 Å². The Bertz CT molecular complexity index is 617. The molecule has 2 N–H and O–H groups in total. The van der Waals surface area contributed by atoms with Crippen molar-refractivity contribution in [3.8, 4) is 0 Å². The van der Waals surface area contributed by atoms with Crippen LogP contribution in [0.3, 0.4) is 0 Å². The topological polar surface area (TPSA) is 70.0 Å². The summed E-state index contributed by atoms with van der Waals surface area (Å²) in [6.07, 6.45) is 8.33. The SMILES string of the molecule is Cc1c(N)n(C2CCCC2)c(=O)n(C2CCCC2)c1=O. The highest BCUT2D eigenvalue weighted by atomic mass is 16.2. The molecular weight excluding hydrogens is 254 g/mol. The minimum atomic E-state index is -0.186. The first kappa shape index (κ1) is 13.5. The van der Waals surface area contributed by atoms with Crippen molar-refractivity contribution in [3.63, 3.8) is 0 Å². The fourth-order valence-corrected chi connectivity index (χ4v) is 3.78. The molecule has 3 rings (SSSR count). The maximum absolute atomic E-state index is 12.8. The first-order valence-corrected chi connectivity index (χ1v) is 7.74. The van der Waals surface area contributed by atoms with Crippen LogP contribution in [0.2, 0.25) is 0 Å². The number of hydrogen-bond acceptors (Lipinski definition) is 3. The van der Waals surface area contributed by atoms with Gasteiger partial charge in [-0.3, -0.25) is 13.9 Å². The van der Waals surface area contributed by atoms with E-state index in [1.807, 2.05) is 0 Å². The van der Waals surface area contributed by atoms with Gasteiger partial charge in [-0.2, -0.15) is 0 Å². The van der Waals surface area contributed by atoms with Gasteiger partial charge in [0.25, 0.3) is 5.56 Å². The summed E-state index contributed by atoms with van der Waals surface area (Å²) in [6, 6.07) is 0.247. The Hall–Kier alpha value is -1.52. The molecule has 5 heteroatoms. The van der Waals surface area contributed by atoms with Crippen LogP contribution < -0.4 is 17.0 Å². The number of rotatable bonds is 2. The van der Waals surface area contributed by atoms with Crippen molar-refractivity contribution in [2.75, 3.05) is 5.73 Å². The third-order valence-electron chi connectivity index (χ3n) is 4.98. The Morgan fingerprint density at radius 2 is 1.35 bits per heavy atom. The molecule has 0 radical (unpaired) electrons. The van der Waals surface area contributed by atoms with Gasteiger partial charge in [-0.05, 0) is 32.6 Å². The van der Waals surface area contributed by atoms with Crippen molar-refractivity contribution in [1.82, 2.24) is 9.13 Å². The van der Waals surface area contributed by atoms with Crippen molar-refractivity contribution in [2.45, 2.75) is 70.4 Å². The highest BCUT2D eigenvalue weighted by Crippen LogP contribution is 2.31. The average Bonchev–Trinajstić information content (AvgIpc) is 3.09. The molecule has 2 aliphatic rings. The molecule has 5 nitrogen and oxygen atoms in total. The second kappa shape index (κ2) is 5.11. The number of nitrogens with zero attached hydrogens (tertiary/aromatic N) is 2. The zero-order chi connectivity index (χ0) is 14.3. The molecule has 0 unspecified atom stereocenters. The molecule has 0 bridgehead atoms. The van der Waals surface area contributed by atoms with Crippen LogP contribution in [0.25, 0.3) is 0 Å². The van der Waals surface area contributed by atoms with Crippen molar-refractivity contribution in [1.29, 1.82) is 0 Å². The lowest BCUT2D eigenvalue weighted by atomic mass is 10.2. The second-order valence-corrected chi connectivity index (χ2v) is 6.21. The molecule has 0 spiro atoms. The summed E-state index contributed by atoms with van der Waals surface area (Å²) in [5, 5.41) is 0. The minimum absolute atomic E-state index is 0.0713. The van der Waals surface area contributed by atoms with Crippen molar-refractivity contribution >= 4 is 5.82 Å². The average molecular weight is 277 g/mol. The van der Waals surface area contributed by atoms with E-state index in [0.717, 1.165) is 51.4 Å². The molecule has 1 heterocycles. The number of hydrogen-bond donors (Lipinski definition) is 1. The van der Waals surface area contributed by atoms with E-state index >= 15 is 0 Å². The summed E-state index contributed by atoms with van der Waals surface area (Å²) in [7, 11) is 0. The zero-order valence-corrected chi connectivity index (χ0v) is 12.1. The summed E-state index contributed by atoms with van der Waals surface area (Å²) >= 11 is 0. The van der Waals surface area contributed by atoms with Crippen molar-refractivity contribution in [2.24, 2.45) is 0 Å². The van der Waals surface area contributed by atoms with Crippen molar-refractivity contribution < 1.29 is 0 Å². The lowest BCUT2D eigenvalue weighted by molar-refractivity contribution is 0.418. The van der Waals surface area contributed by atoms with E-state index < -0.39 is 0 Å². The van der Waals surface area contributed by atoms with Crippen LogP contribution in [0, 0.1) is 6.92 Å². The Labute approximate surface area is 118 Å². The number of aromatic nitrogens is 2. The fourth-order valence-electron chi connectivity index (χ4n) is 3.78. The summed E-state index contributed by atoms with van der Waals surface area (Å²) in [4.78, 5) is 25.2. The molecule has 2 saturated carbocycles. The Morgan fingerprint density at radius 3 is 1.85 bits per heavy atom. The molecule has 1 aromatic heterocycles. The van der Waals surface area contributed by atoms with E-state index in [4.69, 9.17) is 5.73 Å².